The van der Waals surface area contributed by atoms with E-state index >= 15 is 0 Å². The molecule has 0 aliphatic carbocycles. The van der Waals surface area contributed by atoms with Crippen LogP contribution in [-0.4, -0.2) is 43.3 Å². The van der Waals surface area contributed by atoms with E-state index in [4.69, 9.17) is 9.47 Å². The van der Waals surface area contributed by atoms with E-state index in [0.717, 1.165) is 12.0 Å². The fraction of sp³-hybridized carbons (Fsp3) is 0.667. The predicted molar refractivity (Wildman–Crippen MR) is 62.5 cm³/mol. The third kappa shape index (κ3) is 2.99. The number of allylic oxidation sites excluding steroid dienone is 1. The number of methoxy groups -OCH3 is 2. The normalized spacial score (nSPS) is 23.2. The van der Waals surface area contributed by atoms with Crippen molar-refractivity contribution in [3.63, 3.8) is 0 Å². The highest BCUT2D eigenvalue weighted by molar-refractivity contribution is 5.82. The van der Waals surface area contributed by atoms with Crippen LogP contribution in [0.5, 0.6) is 0 Å². The van der Waals surface area contributed by atoms with Crippen molar-refractivity contribution in [2.75, 3.05) is 14.2 Å². The second-order valence-corrected chi connectivity index (χ2v) is 4.30. The lowest BCUT2D eigenvalue weighted by Crippen LogP contribution is -2.44. The maximum Gasteiger partial charge on any atom is 0.410 e. The van der Waals surface area contributed by atoms with E-state index in [1.54, 1.807) is 0 Å². The number of carbonyl (C=O) groups is 2. The van der Waals surface area contributed by atoms with E-state index in [0.29, 0.717) is 6.42 Å². The predicted octanol–water partition coefficient (Wildman–Crippen LogP) is 1.72. The molecular weight excluding hydrogens is 222 g/mol. The Morgan fingerprint density at radius 2 is 1.82 bits per heavy atom. The van der Waals surface area contributed by atoms with Crippen LogP contribution < -0.4 is 0 Å². The third-order valence-corrected chi connectivity index (χ3v) is 2.81. The van der Waals surface area contributed by atoms with E-state index in [9.17, 15) is 9.59 Å². The molecule has 0 saturated carbocycles. The summed E-state index contributed by atoms with van der Waals surface area (Å²) in [6.45, 7) is 3.92. The van der Waals surface area contributed by atoms with Crippen molar-refractivity contribution in [3.8, 4) is 0 Å². The Balaban J connectivity index is 2.93. The number of nitrogens with zero attached hydrogens (tertiary/aromatic N) is 1. The quantitative estimate of drug-likeness (QED) is 0.545. The molecule has 0 aromatic heterocycles. The zero-order chi connectivity index (χ0) is 13.0. The summed E-state index contributed by atoms with van der Waals surface area (Å²) in [6.07, 6.45) is 2.84. The van der Waals surface area contributed by atoms with Crippen molar-refractivity contribution < 1.29 is 19.1 Å². The highest BCUT2D eigenvalue weighted by Gasteiger charge is 2.41. The molecule has 1 amide bonds. The molecule has 1 aliphatic heterocycles. The lowest BCUT2D eigenvalue weighted by atomic mass is 10.1. The van der Waals surface area contributed by atoms with Gasteiger partial charge in [-0.25, -0.2) is 9.59 Å². The second kappa shape index (κ2) is 5.70. The second-order valence-electron chi connectivity index (χ2n) is 4.30. The number of likely N-dealkylation sites (tertiary alicyclic amines) is 1. The first-order valence-electron chi connectivity index (χ1n) is 5.60. The third-order valence-electron chi connectivity index (χ3n) is 2.81. The first-order valence-corrected chi connectivity index (χ1v) is 5.60. The van der Waals surface area contributed by atoms with Gasteiger partial charge in [-0.3, -0.25) is 4.90 Å². The zero-order valence-electron chi connectivity index (χ0n) is 10.7. The van der Waals surface area contributed by atoms with Gasteiger partial charge < -0.3 is 9.47 Å². The Hall–Kier alpha value is -1.52. The molecule has 0 unspecified atom stereocenters. The van der Waals surface area contributed by atoms with Gasteiger partial charge in [0.15, 0.2) is 0 Å². The Labute approximate surface area is 101 Å². The molecule has 5 heteroatoms. The minimum Gasteiger partial charge on any atom is -0.467 e. The molecule has 0 aromatic rings. The van der Waals surface area contributed by atoms with Crippen molar-refractivity contribution in [3.05, 3.63) is 11.6 Å². The summed E-state index contributed by atoms with van der Waals surface area (Å²) in [5, 5.41) is 0. The number of carbonyl (C=O) groups excluding carboxylic acids is 2. The highest BCUT2D eigenvalue weighted by Crippen LogP contribution is 2.27. The summed E-state index contributed by atoms with van der Waals surface area (Å²) < 4.78 is 9.42. The molecule has 1 heterocycles. The number of hydrogen-bond donors (Lipinski definition) is 0. The monoisotopic (exact) mass is 241 g/mol. The topological polar surface area (TPSA) is 55.8 Å². The Kier molecular flexibility index (Phi) is 4.54. The van der Waals surface area contributed by atoms with Gasteiger partial charge in [-0.05, 0) is 26.7 Å². The fourth-order valence-corrected chi connectivity index (χ4v) is 2.12. The van der Waals surface area contributed by atoms with Crippen LogP contribution in [-0.2, 0) is 14.3 Å². The minimum atomic E-state index is -0.534. The molecule has 0 aromatic carbocycles. The standard InChI is InChI=1S/C12H19NO4/c1-8(2)7-9-5-6-10(11(14)16-3)13(9)12(15)17-4/h7,9-10H,5-6H2,1-4H3/t9-,10-/m0/s1. The molecule has 0 radical (unpaired) electrons. The number of hydrogen-bond acceptors (Lipinski definition) is 4. The fourth-order valence-electron chi connectivity index (χ4n) is 2.12. The van der Waals surface area contributed by atoms with Crippen LogP contribution in [0.15, 0.2) is 11.6 Å². The van der Waals surface area contributed by atoms with Gasteiger partial charge in [-0.15, -0.1) is 0 Å². The van der Waals surface area contributed by atoms with E-state index in [1.807, 2.05) is 19.9 Å². The first kappa shape index (κ1) is 13.5. The lowest BCUT2D eigenvalue weighted by Gasteiger charge is -2.26. The van der Waals surface area contributed by atoms with Crippen LogP contribution in [0.3, 0.4) is 0 Å². The largest absolute Gasteiger partial charge is 0.467 e. The number of rotatable bonds is 2. The molecule has 5 nitrogen and oxygen atoms in total. The molecular formula is C12H19NO4. The van der Waals surface area contributed by atoms with Gasteiger partial charge >= 0.3 is 12.1 Å². The van der Waals surface area contributed by atoms with Crippen LogP contribution in [0.2, 0.25) is 0 Å². The molecule has 0 bridgehead atoms. The van der Waals surface area contributed by atoms with Crippen LogP contribution >= 0.6 is 0 Å². The lowest BCUT2D eigenvalue weighted by molar-refractivity contribution is -0.145. The molecule has 1 aliphatic rings. The molecule has 0 spiro atoms. The Morgan fingerprint density at radius 1 is 1.18 bits per heavy atom. The molecule has 1 saturated heterocycles. The number of amides is 1. The molecule has 1 fully saturated rings. The van der Waals surface area contributed by atoms with Gasteiger partial charge in [0.1, 0.15) is 6.04 Å². The maximum atomic E-state index is 11.7. The number of esters is 1. The summed E-state index contributed by atoms with van der Waals surface area (Å²) in [6, 6.07) is -0.621. The van der Waals surface area contributed by atoms with Crippen molar-refractivity contribution in [1.29, 1.82) is 0 Å². The summed E-state index contributed by atoms with van der Waals surface area (Å²) in [7, 11) is 2.64. The molecule has 2 atom stereocenters. The van der Waals surface area contributed by atoms with Gasteiger partial charge in [-0.1, -0.05) is 11.6 Å². The molecule has 1 rings (SSSR count). The minimum absolute atomic E-state index is 0.0865. The van der Waals surface area contributed by atoms with Crippen LogP contribution in [0, 0.1) is 0 Å². The average Bonchev–Trinajstić information content (AvgIpc) is 2.69. The zero-order valence-corrected chi connectivity index (χ0v) is 10.7. The Morgan fingerprint density at radius 3 is 2.29 bits per heavy atom. The van der Waals surface area contributed by atoms with Crippen LogP contribution in [0.1, 0.15) is 26.7 Å². The average molecular weight is 241 g/mol. The van der Waals surface area contributed by atoms with Crippen molar-refractivity contribution in [2.45, 2.75) is 38.8 Å². The Bertz CT molecular complexity index is 333. The van der Waals surface area contributed by atoms with Crippen molar-refractivity contribution >= 4 is 12.1 Å². The van der Waals surface area contributed by atoms with E-state index in [1.165, 1.54) is 19.1 Å². The molecule has 96 valence electrons. The van der Waals surface area contributed by atoms with Gasteiger partial charge in [0.2, 0.25) is 0 Å². The molecule has 0 N–H and O–H groups in total. The summed E-state index contributed by atoms with van der Waals surface area (Å²) in [5.41, 5.74) is 1.11. The first-order chi connectivity index (χ1) is 8.01. The summed E-state index contributed by atoms with van der Waals surface area (Å²) in [5.74, 6) is -0.389. The van der Waals surface area contributed by atoms with Crippen molar-refractivity contribution in [1.82, 2.24) is 4.90 Å². The van der Waals surface area contributed by atoms with Crippen LogP contribution in [0.4, 0.5) is 4.79 Å². The SMILES string of the molecule is COC(=O)[C@@H]1CC[C@@H](C=C(C)C)N1C(=O)OC. The number of ether oxygens (including phenoxy) is 2. The summed E-state index contributed by atoms with van der Waals surface area (Å²) >= 11 is 0. The van der Waals surface area contributed by atoms with E-state index in [2.05, 4.69) is 0 Å². The van der Waals surface area contributed by atoms with Gasteiger partial charge in [0.05, 0.1) is 20.3 Å². The highest BCUT2D eigenvalue weighted by atomic mass is 16.5. The smallest absolute Gasteiger partial charge is 0.410 e. The summed E-state index contributed by atoms with van der Waals surface area (Å²) in [4.78, 5) is 24.7. The van der Waals surface area contributed by atoms with Crippen molar-refractivity contribution in [2.24, 2.45) is 0 Å². The molecule has 17 heavy (non-hydrogen) atoms. The van der Waals surface area contributed by atoms with Gasteiger partial charge in [0, 0.05) is 0 Å². The van der Waals surface area contributed by atoms with E-state index in [-0.39, 0.29) is 12.0 Å². The maximum absolute atomic E-state index is 11.7. The van der Waals surface area contributed by atoms with E-state index < -0.39 is 12.1 Å². The van der Waals surface area contributed by atoms with Gasteiger partial charge in [0.25, 0.3) is 0 Å². The van der Waals surface area contributed by atoms with Gasteiger partial charge in [-0.2, -0.15) is 0 Å². The van der Waals surface area contributed by atoms with Crippen LogP contribution in [0.25, 0.3) is 0 Å².